The molecule has 1 amide bonds. The van der Waals surface area contributed by atoms with E-state index in [-0.39, 0.29) is 11.5 Å². The van der Waals surface area contributed by atoms with Crippen molar-refractivity contribution in [3.63, 3.8) is 0 Å². The summed E-state index contributed by atoms with van der Waals surface area (Å²) in [5.41, 5.74) is 1.89. The Morgan fingerprint density at radius 1 is 1.09 bits per heavy atom. The van der Waals surface area contributed by atoms with E-state index in [1.165, 1.54) is 6.07 Å². The molecule has 0 atom stereocenters. The molecule has 0 saturated heterocycles. The summed E-state index contributed by atoms with van der Waals surface area (Å²) in [5.74, 6) is 2.16. The molecule has 4 nitrogen and oxygen atoms in total. The van der Waals surface area contributed by atoms with Crippen LogP contribution in [0.2, 0.25) is 0 Å². The van der Waals surface area contributed by atoms with Gasteiger partial charge in [0.25, 0.3) is 5.91 Å². The van der Waals surface area contributed by atoms with Crippen LogP contribution in [0.25, 0.3) is 10.9 Å². The Labute approximate surface area is 126 Å². The van der Waals surface area contributed by atoms with Gasteiger partial charge in [-0.15, -0.1) is 6.42 Å². The van der Waals surface area contributed by atoms with Gasteiger partial charge in [0.1, 0.15) is 0 Å². The summed E-state index contributed by atoms with van der Waals surface area (Å²) < 4.78 is 0. The monoisotopic (exact) mass is 288 g/mol. The van der Waals surface area contributed by atoms with Gasteiger partial charge in [0, 0.05) is 28.2 Å². The predicted molar refractivity (Wildman–Crippen MR) is 86.9 cm³/mol. The molecule has 106 valence electrons. The Bertz CT molecular complexity index is 964. The number of benzene rings is 2. The lowest BCUT2D eigenvalue weighted by Crippen LogP contribution is -2.16. The zero-order valence-corrected chi connectivity index (χ0v) is 11.6. The van der Waals surface area contributed by atoms with E-state index in [0.29, 0.717) is 27.7 Å². The summed E-state index contributed by atoms with van der Waals surface area (Å²) in [6.07, 6.45) is 5.35. The van der Waals surface area contributed by atoms with E-state index in [4.69, 9.17) is 6.42 Å². The van der Waals surface area contributed by atoms with Crippen LogP contribution in [-0.4, -0.2) is 10.9 Å². The van der Waals surface area contributed by atoms with Gasteiger partial charge in [-0.3, -0.25) is 9.59 Å². The van der Waals surface area contributed by atoms with Crippen molar-refractivity contribution < 1.29 is 4.79 Å². The molecule has 0 aliphatic rings. The minimum Gasteiger partial charge on any atom is -0.322 e. The third-order valence-electron chi connectivity index (χ3n) is 3.28. The second kappa shape index (κ2) is 5.58. The summed E-state index contributed by atoms with van der Waals surface area (Å²) in [4.78, 5) is 26.9. The number of carbonyl (C=O) groups excluding carboxylic acids is 1. The van der Waals surface area contributed by atoms with Gasteiger partial charge in [-0.1, -0.05) is 30.2 Å². The molecule has 0 unspecified atom stereocenters. The average molecular weight is 288 g/mol. The number of pyridine rings is 1. The van der Waals surface area contributed by atoms with Gasteiger partial charge < -0.3 is 10.3 Å². The molecule has 3 rings (SSSR count). The molecule has 0 saturated carbocycles. The van der Waals surface area contributed by atoms with E-state index < -0.39 is 0 Å². The van der Waals surface area contributed by atoms with Gasteiger partial charge >= 0.3 is 0 Å². The van der Waals surface area contributed by atoms with Crippen molar-refractivity contribution in [1.29, 1.82) is 0 Å². The summed E-state index contributed by atoms with van der Waals surface area (Å²) >= 11 is 0. The summed E-state index contributed by atoms with van der Waals surface area (Å²) in [6, 6.07) is 15.4. The first kappa shape index (κ1) is 13.7. The Hall–Kier alpha value is -3.32. The molecule has 1 aromatic heterocycles. The second-order valence-corrected chi connectivity index (χ2v) is 4.77. The number of carbonyl (C=O) groups is 1. The minimum atomic E-state index is -0.350. The highest BCUT2D eigenvalue weighted by molar-refractivity contribution is 6.12. The Balaban J connectivity index is 2.02. The van der Waals surface area contributed by atoms with Gasteiger partial charge in [0.05, 0.1) is 5.56 Å². The summed E-state index contributed by atoms with van der Waals surface area (Å²) in [5, 5.41) is 3.45. The first-order valence-electron chi connectivity index (χ1n) is 6.67. The zero-order valence-electron chi connectivity index (χ0n) is 11.6. The minimum absolute atomic E-state index is 0.318. The number of rotatable bonds is 2. The van der Waals surface area contributed by atoms with Gasteiger partial charge in [-0.05, 0) is 24.3 Å². The Morgan fingerprint density at radius 2 is 1.91 bits per heavy atom. The van der Waals surface area contributed by atoms with Crippen molar-refractivity contribution in [3.8, 4) is 12.3 Å². The highest BCUT2D eigenvalue weighted by Crippen LogP contribution is 2.17. The highest BCUT2D eigenvalue weighted by atomic mass is 16.2. The van der Waals surface area contributed by atoms with E-state index in [1.807, 2.05) is 6.07 Å². The maximum absolute atomic E-state index is 12.5. The van der Waals surface area contributed by atoms with Crippen molar-refractivity contribution >= 4 is 22.5 Å². The van der Waals surface area contributed by atoms with E-state index in [0.717, 1.165) is 0 Å². The Kier molecular flexibility index (Phi) is 3.47. The molecule has 22 heavy (non-hydrogen) atoms. The van der Waals surface area contributed by atoms with Crippen LogP contribution < -0.4 is 10.9 Å². The number of hydrogen-bond donors (Lipinski definition) is 2. The number of terminal acetylenes is 1. The summed E-state index contributed by atoms with van der Waals surface area (Å²) in [6.45, 7) is 0. The van der Waals surface area contributed by atoms with Crippen molar-refractivity contribution in [2.75, 3.05) is 5.32 Å². The predicted octanol–water partition coefficient (Wildman–Crippen LogP) is 2.76. The molecule has 2 N–H and O–H groups in total. The normalized spacial score (nSPS) is 10.1. The number of aromatic nitrogens is 1. The number of H-pyrrole nitrogens is 1. The number of hydrogen-bond acceptors (Lipinski definition) is 2. The standard InChI is InChI=1S/C18H12N2O2/c1-2-12-6-5-7-13(10-12)19-18(22)15-11-17(21)20-16-9-4-3-8-14(15)16/h1,3-11H,(H,19,22)(H,20,21). The highest BCUT2D eigenvalue weighted by Gasteiger charge is 2.11. The van der Waals surface area contributed by atoms with E-state index in [9.17, 15) is 9.59 Å². The van der Waals surface area contributed by atoms with Crippen LogP contribution >= 0.6 is 0 Å². The van der Waals surface area contributed by atoms with Crippen LogP contribution in [0.15, 0.2) is 59.4 Å². The fourth-order valence-corrected chi connectivity index (χ4v) is 2.28. The first-order chi connectivity index (χ1) is 10.7. The van der Waals surface area contributed by atoms with Crippen molar-refractivity contribution in [1.82, 2.24) is 4.98 Å². The number of amides is 1. The lowest BCUT2D eigenvalue weighted by atomic mass is 10.1. The smallest absolute Gasteiger partial charge is 0.256 e. The van der Waals surface area contributed by atoms with Crippen LogP contribution in [0, 0.1) is 12.3 Å². The van der Waals surface area contributed by atoms with Gasteiger partial charge in [-0.2, -0.15) is 0 Å². The number of aromatic amines is 1. The molecule has 4 heteroatoms. The Morgan fingerprint density at radius 3 is 2.73 bits per heavy atom. The molecule has 0 aliphatic carbocycles. The van der Waals surface area contributed by atoms with E-state index in [2.05, 4.69) is 16.2 Å². The SMILES string of the molecule is C#Cc1cccc(NC(=O)c2cc(=O)[nH]c3ccccc23)c1. The largest absolute Gasteiger partial charge is 0.322 e. The average Bonchev–Trinajstić information content (AvgIpc) is 2.54. The zero-order chi connectivity index (χ0) is 15.5. The van der Waals surface area contributed by atoms with Gasteiger partial charge in [0.2, 0.25) is 5.56 Å². The lowest BCUT2D eigenvalue weighted by molar-refractivity contribution is 0.102. The third kappa shape index (κ3) is 2.60. The number of para-hydroxylation sites is 1. The van der Waals surface area contributed by atoms with Crippen LogP contribution in [-0.2, 0) is 0 Å². The molecule has 3 aromatic rings. The van der Waals surface area contributed by atoms with Crippen molar-refractivity contribution in [2.24, 2.45) is 0 Å². The van der Waals surface area contributed by atoms with Crippen LogP contribution in [0.1, 0.15) is 15.9 Å². The molecule has 0 fully saturated rings. The van der Waals surface area contributed by atoms with E-state index >= 15 is 0 Å². The van der Waals surface area contributed by atoms with Crippen LogP contribution in [0.4, 0.5) is 5.69 Å². The topological polar surface area (TPSA) is 62.0 Å². The van der Waals surface area contributed by atoms with Crippen LogP contribution in [0.3, 0.4) is 0 Å². The molecule has 1 heterocycles. The number of nitrogens with one attached hydrogen (secondary N) is 2. The van der Waals surface area contributed by atoms with E-state index in [1.54, 1.807) is 42.5 Å². The van der Waals surface area contributed by atoms with Crippen molar-refractivity contribution in [3.05, 3.63) is 76.1 Å². The van der Waals surface area contributed by atoms with Gasteiger partial charge in [-0.25, -0.2) is 0 Å². The summed E-state index contributed by atoms with van der Waals surface area (Å²) in [7, 11) is 0. The van der Waals surface area contributed by atoms with Gasteiger partial charge in [0.15, 0.2) is 0 Å². The fourth-order valence-electron chi connectivity index (χ4n) is 2.28. The number of anilines is 1. The second-order valence-electron chi connectivity index (χ2n) is 4.77. The first-order valence-corrected chi connectivity index (χ1v) is 6.67. The molecule has 2 aromatic carbocycles. The van der Waals surface area contributed by atoms with Crippen molar-refractivity contribution in [2.45, 2.75) is 0 Å². The molecular weight excluding hydrogens is 276 g/mol. The van der Waals surface area contributed by atoms with Crippen LogP contribution in [0.5, 0.6) is 0 Å². The molecule has 0 radical (unpaired) electrons. The third-order valence-corrected chi connectivity index (χ3v) is 3.28. The fraction of sp³-hybridized carbons (Fsp3) is 0. The maximum Gasteiger partial charge on any atom is 0.256 e. The quantitative estimate of drug-likeness (QED) is 0.712. The molecule has 0 bridgehead atoms. The number of fused-ring (bicyclic) bond motifs is 1. The molecule has 0 aliphatic heterocycles. The molecule has 0 spiro atoms. The lowest BCUT2D eigenvalue weighted by Gasteiger charge is -2.08. The molecular formula is C18H12N2O2. The maximum atomic E-state index is 12.5.